The predicted octanol–water partition coefficient (Wildman–Crippen LogP) is 3.55. The normalized spacial score (nSPS) is 23.6. The molecule has 2 atom stereocenters. The molecule has 0 aliphatic carbocycles. The van der Waals surface area contributed by atoms with Gasteiger partial charge in [-0.25, -0.2) is 0 Å². The summed E-state index contributed by atoms with van der Waals surface area (Å²) in [6.45, 7) is 7.47. The Morgan fingerprint density at radius 1 is 1.26 bits per heavy atom. The van der Waals surface area contributed by atoms with Crippen molar-refractivity contribution in [3.05, 3.63) is 27.7 Å². The number of carbonyl (C=O) groups excluding carboxylic acids is 1. The van der Waals surface area contributed by atoms with Crippen LogP contribution in [0, 0.1) is 0 Å². The molecule has 104 valence electrons. The minimum absolute atomic E-state index is 0.145. The first kappa shape index (κ1) is 14.7. The number of hydrogen-bond acceptors (Lipinski definition) is 2. The van der Waals surface area contributed by atoms with Gasteiger partial charge >= 0.3 is 0 Å². The lowest BCUT2D eigenvalue weighted by Gasteiger charge is -2.45. The van der Waals surface area contributed by atoms with Gasteiger partial charge in [-0.2, -0.15) is 0 Å². The lowest BCUT2D eigenvalue weighted by molar-refractivity contribution is -0.133. The molecule has 1 amide bonds. The third kappa shape index (κ3) is 3.23. The highest BCUT2D eigenvalue weighted by atomic mass is 79.9. The van der Waals surface area contributed by atoms with Gasteiger partial charge in [-0.15, -0.1) is 0 Å². The summed E-state index contributed by atoms with van der Waals surface area (Å²) >= 11 is 9.57. The quantitative estimate of drug-likeness (QED) is 0.777. The number of carbonyl (C=O) groups is 1. The zero-order valence-corrected chi connectivity index (χ0v) is 13.7. The largest absolute Gasteiger partial charge is 0.367 e. The van der Waals surface area contributed by atoms with Gasteiger partial charge < -0.3 is 9.80 Å². The van der Waals surface area contributed by atoms with Crippen LogP contribution >= 0.6 is 27.5 Å². The van der Waals surface area contributed by atoms with Crippen LogP contribution in [0.25, 0.3) is 0 Å². The molecule has 0 radical (unpaired) electrons. The standard InChI is InChI=1S/C14H18BrClN2O/c1-9-7-17(8-10(2)18(9)11(3)19)14-5-12(15)4-13(16)6-14/h4-6,9-10H,7-8H2,1-3H3. The van der Waals surface area contributed by atoms with Crippen LogP contribution in [0.2, 0.25) is 5.02 Å². The molecule has 1 saturated heterocycles. The van der Waals surface area contributed by atoms with Crippen LogP contribution in [-0.2, 0) is 4.79 Å². The molecule has 0 spiro atoms. The average molecular weight is 346 g/mol. The zero-order valence-electron chi connectivity index (χ0n) is 11.4. The van der Waals surface area contributed by atoms with Crippen LogP contribution in [-0.4, -0.2) is 36.0 Å². The summed E-state index contributed by atoms with van der Waals surface area (Å²) in [5.41, 5.74) is 1.10. The number of piperazine rings is 1. The first-order valence-corrected chi connectivity index (χ1v) is 7.55. The third-order valence-corrected chi connectivity index (χ3v) is 4.17. The highest BCUT2D eigenvalue weighted by molar-refractivity contribution is 9.10. The Hall–Kier alpha value is -0.740. The van der Waals surface area contributed by atoms with E-state index in [9.17, 15) is 4.79 Å². The Bertz CT molecular complexity index is 462. The van der Waals surface area contributed by atoms with Gasteiger partial charge in [-0.05, 0) is 32.0 Å². The smallest absolute Gasteiger partial charge is 0.220 e. The molecule has 3 nitrogen and oxygen atoms in total. The monoisotopic (exact) mass is 344 g/mol. The summed E-state index contributed by atoms with van der Waals surface area (Å²) < 4.78 is 0.976. The van der Waals surface area contributed by atoms with E-state index in [0.717, 1.165) is 28.3 Å². The van der Waals surface area contributed by atoms with Crippen molar-refractivity contribution >= 4 is 39.1 Å². The minimum atomic E-state index is 0.145. The van der Waals surface area contributed by atoms with Crippen LogP contribution in [0.5, 0.6) is 0 Å². The van der Waals surface area contributed by atoms with Gasteiger partial charge in [-0.3, -0.25) is 4.79 Å². The van der Waals surface area contributed by atoms with Crippen molar-refractivity contribution in [1.29, 1.82) is 0 Å². The Morgan fingerprint density at radius 2 is 1.84 bits per heavy atom. The number of amides is 1. The van der Waals surface area contributed by atoms with Crippen molar-refractivity contribution in [2.75, 3.05) is 18.0 Å². The SMILES string of the molecule is CC(=O)N1C(C)CN(c2cc(Cl)cc(Br)c2)CC1C. The second kappa shape index (κ2) is 5.71. The van der Waals surface area contributed by atoms with Gasteiger partial charge in [0.1, 0.15) is 0 Å². The number of nitrogens with zero attached hydrogens (tertiary/aromatic N) is 2. The van der Waals surface area contributed by atoms with E-state index in [2.05, 4.69) is 40.7 Å². The zero-order chi connectivity index (χ0) is 14.2. The van der Waals surface area contributed by atoms with Crippen LogP contribution in [0.15, 0.2) is 22.7 Å². The summed E-state index contributed by atoms with van der Waals surface area (Å²) in [4.78, 5) is 15.9. The van der Waals surface area contributed by atoms with E-state index < -0.39 is 0 Å². The molecule has 1 aliphatic heterocycles. The Labute approximate surface area is 127 Å². The van der Waals surface area contributed by atoms with Gasteiger partial charge in [0.25, 0.3) is 0 Å². The van der Waals surface area contributed by atoms with Crippen LogP contribution in [0.4, 0.5) is 5.69 Å². The van der Waals surface area contributed by atoms with Crippen molar-refractivity contribution in [1.82, 2.24) is 4.90 Å². The molecule has 1 fully saturated rings. The van der Waals surface area contributed by atoms with Gasteiger partial charge in [0.15, 0.2) is 0 Å². The molecule has 2 unspecified atom stereocenters. The van der Waals surface area contributed by atoms with E-state index in [1.54, 1.807) is 6.92 Å². The van der Waals surface area contributed by atoms with Crippen molar-refractivity contribution in [2.45, 2.75) is 32.9 Å². The van der Waals surface area contributed by atoms with Crippen LogP contribution in [0.3, 0.4) is 0 Å². The number of benzene rings is 1. The third-order valence-electron chi connectivity index (χ3n) is 3.50. The van der Waals surface area contributed by atoms with E-state index in [-0.39, 0.29) is 18.0 Å². The number of anilines is 1. The van der Waals surface area contributed by atoms with E-state index in [1.165, 1.54) is 0 Å². The molecular formula is C14H18BrClN2O. The topological polar surface area (TPSA) is 23.6 Å². The molecule has 19 heavy (non-hydrogen) atoms. The van der Waals surface area contributed by atoms with Gasteiger partial charge in [0, 0.05) is 47.3 Å². The summed E-state index contributed by atoms with van der Waals surface area (Å²) in [6, 6.07) is 6.33. The van der Waals surface area contributed by atoms with Gasteiger partial charge in [0.2, 0.25) is 5.91 Å². The lowest BCUT2D eigenvalue weighted by Crippen LogP contribution is -2.58. The van der Waals surface area contributed by atoms with E-state index in [4.69, 9.17) is 11.6 Å². The maximum Gasteiger partial charge on any atom is 0.220 e. The Balaban J connectivity index is 2.22. The predicted molar refractivity (Wildman–Crippen MR) is 82.8 cm³/mol. The average Bonchev–Trinajstić information content (AvgIpc) is 2.25. The van der Waals surface area contributed by atoms with Crippen LogP contribution < -0.4 is 4.90 Å². The first-order valence-electron chi connectivity index (χ1n) is 6.38. The molecule has 1 heterocycles. The Morgan fingerprint density at radius 3 is 2.32 bits per heavy atom. The molecule has 1 aromatic rings. The van der Waals surface area contributed by atoms with Crippen molar-refractivity contribution in [3.8, 4) is 0 Å². The van der Waals surface area contributed by atoms with E-state index in [0.29, 0.717) is 0 Å². The minimum Gasteiger partial charge on any atom is -0.367 e. The van der Waals surface area contributed by atoms with E-state index >= 15 is 0 Å². The van der Waals surface area contributed by atoms with E-state index in [1.807, 2.05) is 17.0 Å². The van der Waals surface area contributed by atoms with Crippen molar-refractivity contribution in [2.24, 2.45) is 0 Å². The summed E-state index contributed by atoms with van der Waals surface area (Å²) in [5, 5.41) is 0.721. The second-order valence-electron chi connectivity index (χ2n) is 5.16. The molecule has 0 saturated carbocycles. The molecule has 1 aliphatic rings. The van der Waals surface area contributed by atoms with Crippen molar-refractivity contribution < 1.29 is 4.79 Å². The highest BCUT2D eigenvalue weighted by Crippen LogP contribution is 2.28. The number of halogens is 2. The molecule has 0 N–H and O–H groups in total. The first-order chi connectivity index (χ1) is 8.88. The molecule has 2 rings (SSSR count). The fourth-order valence-electron chi connectivity index (χ4n) is 2.88. The molecule has 0 bridgehead atoms. The fourth-order valence-corrected chi connectivity index (χ4v) is 3.72. The summed E-state index contributed by atoms with van der Waals surface area (Å²) in [5.74, 6) is 0.145. The van der Waals surface area contributed by atoms with Gasteiger partial charge in [0.05, 0.1) is 0 Å². The molecular weight excluding hydrogens is 328 g/mol. The number of rotatable bonds is 1. The summed E-state index contributed by atoms with van der Waals surface area (Å²) in [7, 11) is 0. The fraction of sp³-hybridized carbons (Fsp3) is 0.500. The van der Waals surface area contributed by atoms with Crippen LogP contribution in [0.1, 0.15) is 20.8 Å². The van der Waals surface area contributed by atoms with Gasteiger partial charge in [-0.1, -0.05) is 27.5 Å². The lowest BCUT2D eigenvalue weighted by atomic mass is 10.1. The molecule has 1 aromatic carbocycles. The molecule has 5 heteroatoms. The Kier molecular flexibility index (Phi) is 4.41. The molecule has 0 aromatic heterocycles. The maximum atomic E-state index is 11.6. The summed E-state index contributed by atoms with van der Waals surface area (Å²) in [6.07, 6.45) is 0. The maximum absolute atomic E-state index is 11.6. The second-order valence-corrected chi connectivity index (χ2v) is 6.51. The van der Waals surface area contributed by atoms with Crippen molar-refractivity contribution in [3.63, 3.8) is 0 Å². The number of hydrogen-bond donors (Lipinski definition) is 0. The highest BCUT2D eigenvalue weighted by Gasteiger charge is 2.31.